The molecule has 2 rings (SSSR count). The normalized spacial score (nSPS) is 21.3. The lowest BCUT2D eigenvalue weighted by Crippen LogP contribution is -2.30. The lowest BCUT2D eigenvalue weighted by molar-refractivity contribution is -0.141. The number of carboxylic acid groups (broad SMARTS) is 1. The molecule has 1 N–H and O–H groups in total. The molecule has 1 aromatic rings. The third-order valence-corrected chi connectivity index (χ3v) is 3.98. The van der Waals surface area contributed by atoms with Crippen LogP contribution in [0.4, 0.5) is 0 Å². The maximum absolute atomic E-state index is 12.2. The van der Waals surface area contributed by atoms with Crippen molar-refractivity contribution in [1.82, 2.24) is 4.90 Å². The Morgan fingerprint density at radius 3 is 2.55 bits per heavy atom. The molecule has 0 bridgehead atoms. The molecule has 120 valence electrons. The summed E-state index contributed by atoms with van der Waals surface area (Å²) >= 11 is 0. The Bertz CT molecular complexity index is 515. The standard InChI is InChI=1S/C17H23NO4/c1-12(2)22-9-8-16(19)18-10-14(15(11-18)17(20)21)13-6-4-3-5-7-13/h3-7,12,14-15H,8-11H2,1-2H3,(H,20,21)/t14-,15-/m0/s1. The van der Waals surface area contributed by atoms with Gasteiger partial charge >= 0.3 is 5.97 Å². The monoisotopic (exact) mass is 305 g/mol. The highest BCUT2D eigenvalue weighted by molar-refractivity contribution is 5.79. The number of hydrogen-bond acceptors (Lipinski definition) is 3. The zero-order valence-corrected chi connectivity index (χ0v) is 13.1. The summed E-state index contributed by atoms with van der Waals surface area (Å²) in [6, 6.07) is 9.55. The molecular formula is C17H23NO4. The SMILES string of the molecule is CC(C)OCCC(=O)N1C[C@H](C(=O)O)[C@H](c2ccccc2)C1. The zero-order chi connectivity index (χ0) is 16.1. The van der Waals surface area contributed by atoms with E-state index in [1.165, 1.54) is 0 Å². The van der Waals surface area contributed by atoms with Crippen molar-refractivity contribution in [3.63, 3.8) is 0 Å². The second-order valence-electron chi connectivity index (χ2n) is 5.93. The molecule has 1 aromatic carbocycles. The fourth-order valence-corrected chi connectivity index (χ4v) is 2.84. The van der Waals surface area contributed by atoms with Gasteiger partial charge in [0.1, 0.15) is 0 Å². The van der Waals surface area contributed by atoms with E-state index < -0.39 is 11.9 Å². The van der Waals surface area contributed by atoms with Gasteiger partial charge in [-0.1, -0.05) is 30.3 Å². The first-order valence-corrected chi connectivity index (χ1v) is 7.66. The minimum Gasteiger partial charge on any atom is -0.481 e. The Labute approximate surface area is 130 Å². The van der Waals surface area contributed by atoms with Crippen LogP contribution in [0.1, 0.15) is 31.7 Å². The van der Waals surface area contributed by atoms with Crippen LogP contribution in [0.15, 0.2) is 30.3 Å². The Kier molecular flexibility index (Phi) is 5.55. The van der Waals surface area contributed by atoms with Crippen molar-refractivity contribution in [3.05, 3.63) is 35.9 Å². The third-order valence-electron chi connectivity index (χ3n) is 3.98. The van der Waals surface area contributed by atoms with Crippen molar-refractivity contribution >= 4 is 11.9 Å². The molecule has 1 fully saturated rings. The van der Waals surface area contributed by atoms with Gasteiger partial charge in [-0.2, -0.15) is 0 Å². The summed E-state index contributed by atoms with van der Waals surface area (Å²) in [7, 11) is 0. The van der Waals surface area contributed by atoms with Gasteiger partial charge in [0.05, 0.1) is 25.0 Å². The number of nitrogens with zero attached hydrogens (tertiary/aromatic N) is 1. The molecule has 0 spiro atoms. The van der Waals surface area contributed by atoms with E-state index in [4.69, 9.17) is 4.74 Å². The van der Waals surface area contributed by atoms with Gasteiger partial charge in [0, 0.05) is 19.0 Å². The maximum atomic E-state index is 12.2. The largest absolute Gasteiger partial charge is 0.481 e. The number of ether oxygens (including phenoxy) is 1. The molecule has 1 aliphatic heterocycles. The summed E-state index contributed by atoms with van der Waals surface area (Å²) in [4.78, 5) is 25.4. The number of likely N-dealkylation sites (tertiary alicyclic amines) is 1. The molecular weight excluding hydrogens is 282 g/mol. The number of rotatable bonds is 6. The van der Waals surface area contributed by atoms with E-state index in [1.54, 1.807) is 4.90 Å². The van der Waals surface area contributed by atoms with Crippen LogP contribution in [-0.4, -0.2) is 47.7 Å². The van der Waals surface area contributed by atoms with E-state index >= 15 is 0 Å². The summed E-state index contributed by atoms with van der Waals surface area (Å²) < 4.78 is 5.39. The summed E-state index contributed by atoms with van der Waals surface area (Å²) in [6.45, 7) is 4.95. The van der Waals surface area contributed by atoms with Crippen molar-refractivity contribution < 1.29 is 19.4 Å². The predicted molar refractivity (Wildman–Crippen MR) is 82.6 cm³/mol. The number of carbonyl (C=O) groups is 2. The minimum atomic E-state index is -0.845. The first-order chi connectivity index (χ1) is 10.5. The quantitative estimate of drug-likeness (QED) is 0.874. The smallest absolute Gasteiger partial charge is 0.308 e. The molecule has 0 radical (unpaired) electrons. The van der Waals surface area contributed by atoms with Crippen LogP contribution in [0, 0.1) is 5.92 Å². The highest BCUT2D eigenvalue weighted by atomic mass is 16.5. The molecule has 2 atom stereocenters. The van der Waals surface area contributed by atoms with Crippen molar-refractivity contribution in [2.45, 2.75) is 32.3 Å². The van der Waals surface area contributed by atoms with Gasteiger partial charge in [-0.25, -0.2) is 0 Å². The van der Waals surface area contributed by atoms with Gasteiger partial charge < -0.3 is 14.7 Å². The van der Waals surface area contributed by atoms with Gasteiger partial charge in [0.25, 0.3) is 0 Å². The molecule has 0 unspecified atom stereocenters. The Morgan fingerprint density at radius 1 is 1.27 bits per heavy atom. The van der Waals surface area contributed by atoms with E-state index in [1.807, 2.05) is 44.2 Å². The fraction of sp³-hybridized carbons (Fsp3) is 0.529. The van der Waals surface area contributed by atoms with Crippen LogP contribution in [0.5, 0.6) is 0 Å². The summed E-state index contributed by atoms with van der Waals surface area (Å²) in [6.07, 6.45) is 0.390. The van der Waals surface area contributed by atoms with Crippen molar-refractivity contribution in [2.24, 2.45) is 5.92 Å². The number of hydrogen-bond donors (Lipinski definition) is 1. The number of carbonyl (C=O) groups excluding carboxylic acids is 1. The highest BCUT2D eigenvalue weighted by Gasteiger charge is 2.40. The number of carboxylic acids is 1. The second kappa shape index (κ2) is 7.40. The van der Waals surface area contributed by atoms with Crippen molar-refractivity contribution in [2.75, 3.05) is 19.7 Å². The molecule has 0 aromatic heterocycles. The fourth-order valence-electron chi connectivity index (χ4n) is 2.84. The van der Waals surface area contributed by atoms with Gasteiger partial charge in [0.15, 0.2) is 0 Å². The molecule has 5 heteroatoms. The van der Waals surface area contributed by atoms with E-state index in [0.717, 1.165) is 5.56 Å². The second-order valence-corrected chi connectivity index (χ2v) is 5.93. The average molecular weight is 305 g/mol. The number of benzene rings is 1. The Morgan fingerprint density at radius 2 is 1.95 bits per heavy atom. The molecule has 1 saturated heterocycles. The van der Waals surface area contributed by atoms with Crippen molar-refractivity contribution in [1.29, 1.82) is 0 Å². The van der Waals surface area contributed by atoms with Gasteiger partial charge in [-0.15, -0.1) is 0 Å². The van der Waals surface area contributed by atoms with Crippen LogP contribution in [0.2, 0.25) is 0 Å². The van der Waals surface area contributed by atoms with E-state index in [2.05, 4.69) is 0 Å². The number of aliphatic carboxylic acids is 1. The van der Waals surface area contributed by atoms with Crippen LogP contribution < -0.4 is 0 Å². The van der Waals surface area contributed by atoms with Crippen LogP contribution in [-0.2, 0) is 14.3 Å². The van der Waals surface area contributed by atoms with Gasteiger partial charge in [-0.3, -0.25) is 9.59 Å². The first-order valence-electron chi connectivity index (χ1n) is 7.66. The Balaban J connectivity index is 2.01. The average Bonchev–Trinajstić information content (AvgIpc) is 2.93. The lowest BCUT2D eigenvalue weighted by Gasteiger charge is -2.17. The highest BCUT2D eigenvalue weighted by Crippen LogP contribution is 2.33. The van der Waals surface area contributed by atoms with E-state index in [0.29, 0.717) is 19.6 Å². The van der Waals surface area contributed by atoms with Crippen LogP contribution in [0.3, 0.4) is 0 Å². The van der Waals surface area contributed by atoms with Crippen LogP contribution >= 0.6 is 0 Å². The molecule has 1 heterocycles. The van der Waals surface area contributed by atoms with Gasteiger partial charge in [0.2, 0.25) is 5.91 Å². The summed E-state index contributed by atoms with van der Waals surface area (Å²) in [5.41, 5.74) is 0.976. The molecule has 22 heavy (non-hydrogen) atoms. The molecule has 0 aliphatic carbocycles. The van der Waals surface area contributed by atoms with Gasteiger partial charge in [-0.05, 0) is 19.4 Å². The van der Waals surface area contributed by atoms with Crippen molar-refractivity contribution in [3.8, 4) is 0 Å². The number of amides is 1. The minimum absolute atomic E-state index is 0.0367. The lowest BCUT2D eigenvalue weighted by atomic mass is 9.89. The molecule has 5 nitrogen and oxygen atoms in total. The van der Waals surface area contributed by atoms with Crippen LogP contribution in [0.25, 0.3) is 0 Å². The Hall–Kier alpha value is -1.88. The molecule has 0 saturated carbocycles. The summed E-state index contributed by atoms with van der Waals surface area (Å²) in [5.74, 6) is -1.57. The zero-order valence-electron chi connectivity index (χ0n) is 13.1. The molecule has 1 aliphatic rings. The topological polar surface area (TPSA) is 66.8 Å². The molecule has 1 amide bonds. The first kappa shape index (κ1) is 16.5. The van der Waals surface area contributed by atoms with E-state index in [-0.39, 0.29) is 24.5 Å². The third kappa shape index (κ3) is 4.07. The van der Waals surface area contributed by atoms with E-state index in [9.17, 15) is 14.7 Å². The predicted octanol–water partition coefficient (Wildman–Crippen LogP) is 2.13. The maximum Gasteiger partial charge on any atom is 0.308 e. The summed E-state index contributed by atoms with van der Waals surface area (Å²) in [5, 5.41) is 9.43.